The molecule has 0 amide bonds. The van der Waals surface area contributed by atoms with Gasteiger partial charge >= 0.3 is 0 Å². The molecule has 0 unspecified atom stereocenters. The van der Waals surface area contributed by atoms with Crippen LogP contribution in [0.4, 0.5) is 5.69 Å². The van der Waals surface area contributed by atoms with Crippen molar-refractivity contribution in [2.24, 2.45) is 0 Å². The van der Waals surface area contributed by atoms with E-state index >= 15 is 0 Å². The van der Waals surface area contributed by atoms with Crippen molar-refractivity contribution in [2.75, 3.05) is 0 Å². The van der Waals surface area contributed by atoms with E-state index in [0.29, 0.717) is 22.9 Å². The molecule has 3 rings (SSSR count). The van der Waals surface area contributed by atoms with Crippen LogP contribution >= 0.6 is 0 Å². The smallest absolute Gasteiger partial charge is 0.272 e. The average Bonchev–Trinajstić information content (AvgIpc) is 2.97. The van der Waals surface area contributed by atoms with Gasteiger partial charge in [0.05, 0.1) is 4.92 Å². The van der Waals surface area contributed by atoms with E-state index in [1.165, 1.54) is 6.07 Å². The molecule has 1 aromatic heterocycles. The van der Waals surface area contributed by atoms with Gasteiger partial charge in [0, 0.05) is 22.8 Å². The number of nitro benzene ring substituents is 1. The van der Waals surface area contributed by atoms with Gasteiger partial charge < -0.3 is 4.42 Å². The fourth-order valence-corrected chi connectivity index (χ4v) is 2.15. The Morgan fingerprint density at radius 1 is 0.955 bits per heavy atom. The first-order valence-corrected chi connectivity index (χ1v) is 6.70. The molecule has 0 fully saturated rings. The van der Waals surface area contributed by atoms with Crippen molar-refractivity contribution in [3.05, 3.63) is 63.7 Å². The second-order valence-electron chi connectivity index (χ2n) is 5.04. The highest BCUT2D eigenvalue weighted by Gasteiger charge is 2.15. The van der Waals surface area contributed by atoms with Gasteiger partial charge in [0.1, 0.15) is 0 Å². The lowest BCUT2D eigenvalue weighted by Crippen LogP contribution is -1.91. The van der Waals surface area contributed by atoms with Gasteiger partial charge in [-0.2, -0.15) is 0 Å². The Morgan fingerprint density at radius 3 is 2.14 bits per heavy atom. The number of hydrogen-bond donors (Lipinski definition) is 0. The monoisotopic (exact) mass is 295 g/mol. The summed E-state index contributed by atoms with van der Waals surface area (Å²) in [6.45, 7) is 3.68. The van der Waals surface area contributed by atoms with Gasteiger partial charge in [-0.1, -0.05) is 17.7 Å². The third-order valence-electron chi connectivity index (χ3n) is 3.36. The third kappa shape index (κ3) is 2.58. The lowest BCUT2D eigenvalue weighted by atomic mass is 10.1. The fraction of sp³-hybridized carbons (Fsp3) is 0.125. The number of nitrogens with zero attached hydrogens (tertiary/aromatic N) is 3. The standard InChI is InChI=1S/C16H13N3O3/c1-10-3-5-12(6-4-10)15-17-18-16(22-15)13-7-8-14(19(20)21)11(2)9-13/h3-9H,1-2H3. The van der Waals surface area contributed by atoms with Gasteiger partial charge in [-0.3, -0.25) is 10.1 Å². The SMILES string of the molecule is Cc1ccc(-c2nnc(-c3ccc([N+](=O)[O-])c(C)c3)o2)cc1. The summed E-state index contributed by atoms with van der Waals surface area (Å²) in [6.07, 6.45) is 0. The minimum atomic E-state index is -0.412. The number of nitro groups is 1. The zero-order valence-electron chi connectivity index (χ0n) is 12.1. The first kappa shape index (κ1) is 13.9. The van der Waals surface area contributed by atoms with E-state index in [2.05, 4.69) is 10.2 Å². The number of hydrogen-bond acceptors (Lipinski definition) is 5. The van der Waals surface area contributed by atoms with Crippen LogP contribution in [0.5, 0.6) is 0 Å². The van der Waals surface area contributed by atoms with E-state index in [9.17, 15) is 10.1 Å². The quantitative estimate of drug-likeness (QED) is 0.540. The van der Waals surface area contributed by atoms with Crippen molar-refractivity contribution < 1.29 is 9.34 Å². The summed E-state index contributed by atoms with van der Waals surface area (Å²) in [5.41, 5.74) is 3.27. The molecule has 0 aliphatic rings. The first-order valence-electron chi connectivity index (χ1n) is 6.70. The average molecular weight is 295 g/mol. The van der Waals surface area contributed by atoms with Gasteiger partial charge in [0.15, 0.2) is 0 Å². The van der Waals surface area contributed by atoms with Crippen LogP contribution < -0.4 is 0 Å². The molecule has 6 nitrogen and oxygen atoms in total. The highest BCUT2D eigenvalue weighted by Crippen LogP contribution is 2.27. The Balaban J connectivity index is 1.95. The Labute approximate surface area is 126 Å². The second-order valence-corrected chi connectivity index (χ2v) is 5.04. The number of benzene rings is 2. The molecular weight excluding hydrogens is 282 g/mol. The molecule has 0 atom stereocenters. The van der Waals surface area contributed by atoms with Crippen LogP contribution in [-0.2, 0) is 0 Å². The molecule has 3 aromatic rings. The highest BCUT2D eigenvalue weighted by atomic mass is 16.6. The Bertz CT molecular complexity index is 838. The lowest BCUT2D eigenvalue weighted by molar-refractivity contribution is -0.385. The van der Waals surface area contributed by atoms with E-state index < -0.39 is 4.92 Å². The predicted octanol–water partition coefficient (Wildman–Crippen LogP) is 3.93. The van der Waals surface area contributed by atoms with Gasteiger partial charge in [0.2, 0.25) is 11.8 Å². The van der Waals surface area contributed by atoms with Gasteiger partial charge in [0.25, 0.3) is 5.69 Å². The van der Waals surface area contributed by atoms with Crippen LogP contribution in [0.25, 0.3) is 22.9 Å². The van der Waals surface area contributed by atoms with E-state index in [1.807, 2.05) is 31.2 Å². The molecule has 0 saturated carbocycles. The second kappa shape index (κ2) is 5.40. The highest BCUT2D eigenvalue weighted by molar-refractivity contribution is 5.61. The third-order valence-corrected chi connectivity index (χ3v) is 3.36. The summed E-state index contributed by atoms with van der Waals surface area (Å²) in [5, 5.41) is 18.9. The predicted molar refractivity (Wildman–Crippen MR) is 81.3 cm³/mol. The molecule has 0 aliphatic carbocycles. The van der Waals surface area contributed by atoms with Crippen molar-refractivity contribution in [3.8, 4) is 22.9 Å². The summed E-state index contributed by atoms with van der Waals surface area (Å²) < 4.78 is 5.66. The summed E-state index contributed by atoms with van der Waals surface area (Å²) in [7, 11) is 0. The minimum absolute atomic E-state index is 0.0713. The van der Waals surface area contributed by atoms with Crippen LogP contribution in [0.15, 0.2) is 46.9 Å². The molecule has 22 heavy (non-hydrogen) atoms. The summed E-state index contributed by atoms with van der Waals surface area (Å²) >= 11 is 0. The molecule has 2 aromatic carbocycles. The lowest BCUT2D eigenvalue weighted by Gasteiger charge is -1.99. The molecule has 0 spiro atoms. The van der Waals surface area contributed by atoms with Gasteiger partial charge in [-0.25, -0.2) is 0 Å². The molecule has 0 bridgehead atoms. The molecule has 0 radical (unpaired) electrons. The van der Waals surface area contributed by atoms with Crippen molar-refractivity contribution in [1.29, 1.82) is 0 Å². The van der Waals surface area contributed by atoms with Crippen molar-refractivity contribution in [3.63, 3.8) is 0 Å². The fourth-order valence-electron chi connectivity index (χ4n) is 2.15. The maximum Gasteiger partial charge on any atom is 0.272 e. The van der Waals surface area contributed by atoms with E-state index in [0.717, 1.165) is 11.1 Å². The number of aromatic nitrogens is 2. The molecule has 0 aliphatic heterocycles. The maximum absolute atomic E-state index is 10.8. The van der Waals surface area contributed by atoms with Crippen molar-refractivity contribution in [2.45, 2.75) is 13.8 Å². The topological polar surface area (TPSA) is 82.1 Å². The largest absolute Gasteiger partial charge is 0.416 e. The molecular formula is C16H13N3O3. The number of rotatable bonds is 3. The van der Waals surface area contributed by atoms with Crippen LogP contribution in [0, 0.1) is 24.0 Å². The molecule has 0 N–H and O–H groups in total. The first-order chi connectivity index (χ1) is 10.5. The van der Waals surface area contributed by atoms with Gasteiger partial charge in [-0.15, -0.1) is 10.2 Å². The maximum atomic E-state index is 10.8. The Hall–Kier alpha value is -3.02. The van der Waals surface area contributed by atoms with Crippen LogP contribution in [-0.4, -0.2) is 15.1 Å². The van der Waals surface area contributed by atoms with Crippen LogP contribution in [0.2, 0.25) is 0 Å². The van der Waals surface area contributed by atoms with Gasteiger partial charge in [-0.05, 0) is 38.1 Å². The summed E-state index contributed by atoms with van der Waals surface area (Å²) in [4.78, 5) is 10.4. The Morgan fingerprint density at radius 2 is 1.55 bits per heavy atom. The zero-order valence-corrected chi connectivity index (χ0v) is 12.1. The van der Waals surface area contributed by atoms with Crippen molar-refractivity contribution in [1.82, 2.24) is 10.2 Å². The van der Waals surface area contributed by atoms with Crippen LogP contribution in [0.3, 0.4) is 0 Å². The normalized spacial score (nSPS) is 10.6. The Kier molecular flexibility index (Phi) is 3.42. The molecule has 6 heteroatoms. The number of aryl methyl sites for hydroxylation is 2. The van der Waals surface area contributed by atoms with Crippen molar-refractivity contribution >= 4 is 5.69 Å². The van der Waals surface area contributed by atoms with Crippen LogP contribution in [0.1, 0.15) is 11.1 Å². The summed E-state index contributed by atoms with van der Waals surface area (Å²) in [6, 6.07) is 12.5. The summed E-state index contributed by atoms with van der Waals surface area (Å²) in [5.74, 6) is 0.763. The zero-order chi connectivity index (χ0) is 15.7. The molecule has 1 heterocycles. The van der Waals surface area contributed by atoms with E-state index in [-0.39, 0.29) is 5.69 Å². The van der Waals surface area contributed by atoms with E-state index in [1.54, 1.807) is 19.1 Å². The molecule has 0 saturated heterocycles. The van der Waals surface area contributed by atoms with E-state index in [4.69, 9.17) is 4.42 Å². The molecule has 110 valence electrons. The minimum Gasteiger partial charge on any atom is -0.416 e.